The Labute approximate surface area is 150 Å². The monoisotopic (exact) mass is 369 g/mol. The van der Waals surface area contributed by atoms with Crippen LogP contribution >= 0.6 is 23.7 Å². The lowest BCUT2D eigenvalue weighted by Crippen LogP contribution is -2.16. The number of anilines is 1. The summed E-state index contributed by atoms with van der Waals surface area (Å²) in [5.41, 5.74) is 6.58. The van der Waals surface area contributed by atoms with Gasteiger partial charge in [-0.25, -0.2) is 4.98 Å². The Bertz CT molecular complexity index is 657. The van der Waals surface area contributed by atoms with Crippen LogP contribution in [0.3, 0.4) is 0 Å². The number of ether oxygens (including phenoxy) is 2. The minimum absolute atomic E-state index is 0. The molecule has 1 amide bonds. The van der Waals surface area contributed by atoms with Gasteiger partial charge in [0.15, 0.2) is 0 Å². The van der Waals surface area contributed by atoms with Crippen molar-refractivity contribution in [2.75, 3.05) is 18.5 Å². The number of hydrogen-bond acceptors (Lipinski definition) is 6. The van der Waals surface area contributed by atoms with E-state index in [1.165, 1.54) is 11.3 Å². The van der Waals surface area contributed by atoms with Crippen molar-refractivity contribution in [3.05, 3.63) is 40.3 Å². The Morgan fingerprint density at radius 1 is 1.42 bits per heavy atom. The molecule has 1 atom stereocenters. The van der Waals surface area contributed by atoms with Crippen molar-refractivity contribution >= 4 is 35.3 Å². The third-order valence-corrected chi connectivity index (χ3v) is 4.40. The van der Waals surface area contributed by atoms with E-state index in [-0.39, 0.29) is 24.4 Å². The molecule has 1 saturated heterocycles. The van der Waals surface area contributed by atoms with E-state index in [1.54, 1.807) is 17.5 Å². The quantitative estimate of drug-likeness (QED) is 0.817. The summed E-state index contributed by atoms with van der Waals surface area (Å²) in [6.45, 7) is 1.72. The van der Waals surface area contributed by atoms with Crippen LogP contribution in [-0.4, -0.2) is 30.2 Å². The van der Waals surface area contributed by atoms with E-state index < -0.39 is 0 Å². The molecular weight excluding hydrogens is 350 g/mol. The molecule has 130 valence electrons. The van der Waals surface area contributed by atoms with Gasteiger partial charge in [-0.3, -0.25) is 4.79 Å². The van der Waals surface area contributed by atoms with Crippen LogP contribution in [0.2, 0.25) is 0 Å². The topological polar surface area (TPSA) is 86.5 Å². The second kappa shape index (κ2) is 8.98. The molecule has 1 aromatic heterocycles. The number of nitrogens with two attached hydrogens (primary N) is 1. The number of rotatable bonds is 6. The average molecular weight is 370 g/mol. The first-order valence-electron chi connectivity index (χ1n) is 7.55. The first kappa shape index (κ1) is 18.7. The predicted octanol–water partition coefficient (Wildman–Crippen LogP) is 2.83. The lowest BCUT2D eigenvalue weighted by atomic mass is 10.2. The van der Waals surface area contributed by atoms with Gasteiger partial charge in [-0.2, -0.15) is 0 Å². The van der Waals surface area contributed by atoms with E-state index in [4.69, 9.17) is 15.2 Å². The lowest BCUT2D eigenvalue weighted by molar-refractivity contribution is 0.0679. The minimum Gasteiger partial charge on any atom is -0.491 e. The van der Waals surface area contributed by atoms with Crippen molar-refractivity contribution in [3.8, 4) is 5.75 Å². The molecule has 1 aliphatic rings. The molecule has 0 saturated carbocycles. The summed E-state index contributed by atoms with van der Waals surface area (Å²) in [7, 11) is 0. The molecule has 1 aromatic carbocycles. The molecular formula is C16H20ClN3O3S. The summed E-state index contributed by atoms with van der Waals surface area (Å²) in [4.78, 5) is 16.2. The molecule has 0 radical (unpaired) electrons. The molecule has 1 fully saturated rings. The third kappa shape index (κ3) is 4.91. The van der Waals surface area contributed by atoms with E-state index in [0.717, 1.165) is 30.2 Å². The van der Waals surface area contributed by atoms with Gasteiger partial charge >= 0.3 is 0 Å². The molecule has 1 unspecified atom stereocenters. The molecule has 0 aliphatic carbocycles. The Morgan fingerprint density at radius 2 is 2.21 bits per heavy atom. The first-order valence-corrected chi connectivity index (χ1v) is 8.43. The Hall–Kier alpha value is -1.67. The highest BCUT2D eigenvalue weighted by Gasteiger charge is 2.16. The van der Waals surface area contributed by atoms with E-state index in [1.807, 2.05) is 12.1 Å². The molecule has 3 N–H and O–H groups in total. The summed E-state index contributed by atoms with van der Waals surface area (Å²) in [6.07, 6.45) is 2.34. The molecule has 2 aromatic rings. The van der Waals surface area contributed by atoms with Crippen LogP contribution in [0, 0.1) is 0 Å². The number of carbonyl (C=O) groups is 1. The predicted molar refractivity (Wildman–Crippen MR) is 96.1 cm³/mol. The van der Waals surface area contributed by atoms with Crippen LogP contribution < -0.4 is 15.8 Å². The maximum atomic E-state index is 12.1. The molecule has 24 heavy (non-hydrogen) atoms. The van der Waals surface area contributed by atoms with Crippen LogP contribution in [0.1, 0.15) is 28.3 Å². The zero-order valence-electron chi connectivity index (χ0n) is 13.1. The summed E-state index contributed by atoms with van der Waals surface area (Å²) in [5.74, 6) is 0.520. The smallest absolute Gasteiger partial charge is 0.275 e. The van der Waals surface area contributed by atoms with Gasteiger partial charge in [-0.05, 0) is 37.1 Å². The highest BCUT2D eigenvalue weighted by atomic mass is 35.5. The van der Waals surface area contributed by atoms with Crippen molar-refractivity contribution in [2.24, 2.45) is 5.73 Å². The zero-order valence-corrected chi connectivity index (χ0v) is 14.7. The van der Waals surface area contributed by atoms with Gasteiger partial charge in [0.2, 0.25) is 0 Å². The number of benzene rings is 1. The van der Waals surface area contributed by atoms with E-state index in [2.05, 4.69) is 10.3 Å². The van der Waals surface area contributed by atoms with Gasteiger partial charge in [0.05, 0.1) is 6.10 Å². The second-order valence-electron chi connectivity index (χ2n) is 5.26. The average Bonchev–Trinajstić information content (AvgIpc) is 3.25. The number of amides is 1. The standard InChI is InChI=1S/C16H19N3O3S.ClH/c17-8-15-19-14(10-23-15)16(20)18-11-3-5-12(6-4-11)22-9-13-2-1-7-21-13;/h3-6,10,13H,1-2,7-9,17H2,(H,18,20);1H. The molecule has 3 rings (SSSR count). The highest BCUT2D eigenvalue weighted by molar-refractivity contribution is 7.09. The van der Waals surface area contributed by atoms with E-state index in [9.17, 15) is 4.79 Å². The number of nitrogens with one attached hydrogen (secondary N) is 1. The van der Waals surface area contributed by atoms with Gasteiger partial charge in [0.25, 0.3) is 5.91 Å². The molecule has 6 nitrogen and oxygen atoms in total. The summed E-state index contributed by atoms with van der Waals surface area (Å²) >= 11 is 1.38. The van der Waals surface area contributed by atoms with Crippen molar-refractivity contribution < 1.29 is 14.3 Å². The molecule has 8 heteroatoms. The van der Waals surface area contributed by atoms with Crippen molar-refractivity contribution in [3.63, 3.8) is 0 Å². The largest absolute Gasteiger partial charge is 0.491 e. The van der Waals surface area contributed by atoms with Gasteiger partial charge in [0, 0.05) is 24.2 Å². The number of nitrogens with zero attached hydrogens (tertiary/aromatic N) is 1. The fourth-order valence-electron chi connectivity index (χ4n) is 2.30. The Kier molecular flexibility index (Phi) is 6.99. The summed E-state index contributed by atoms with van der Waals surface area (Å²) in [5, 5.41) is 5.25. The SMILES string of the molecule is Cl.NCc1nc(C(=O)Nc2ccc(OCC3CCCO3)cc2)cs1. The maximum absolute atomic E-state index is 12.1. The van der Waals surface area contributed by atoms with Gasteiger partial charge < -0.3 is 20.5 Å². The van der Waals surface area contributed by atoms with Crippen LogP contribution in [0.15, 0.2) is 29.6 Å². The fraction of sp³-hybridized carbons (Fsp3) is 0.375. The minimum atomic E-state index is -0.242. The van der Waals surface area contributed by atoms with Gasteiger partial charge in [-0.1, -0.05) is 0 Å². The fourth-order valence-corrected chi connectivity index (χ4v) is 2.96. The van der Waals surface area contributed by atoms with Crippen molar-refractivity contribution in [1.82, 2.24) is 4.98 Å². The first-order chi connectivity index (χ1) is 11.2. The normalized spacial score (nSPS) is 16.5. The lowest BCUT2D eigenvalue weighted by Gasteiger charge is -2.11. The summed E-state index contributed by atoms with van der Waals surface area (Å²) in [6, 6.07) is 7.27. The Balaban J connectivity index is 0.00000208. The number of carbonyl (C=O) groups excluding carboxylic acids is 1. The van der Waals surface area contributed by atoms with E-state index >= 15 is 0 Å². The highest BCUT2D eigenvalue weighted by Crippen LogP contribution is 2.19. The Morgan fingerprint density at radius 3 is 2.83 bits per heavy atom. The third-order valence-electron chi connectivity index (χ3n) is 3.53. The maximum Gasteiger partial charge on any atom is 0.275 e. The second-order valence-corrected chi connectivity index (χ2v) is 6.20. The molecule has 2 heterocycles. The number of hydrogen-bond donors (Lipinski definition) is 2. The van der Waals surface area contributed by atoms with Crippen LogP contribution in [0.5, 0.6) is 5.75 Å². The van der Waals surface area contributed by atoms with Crippen LogP contribution in [0.4, 0.5) is 5.69 Å². The molecule has 0 bridgehead atoms. The number of halogens is 1. The van der Waals surface area contributed by atoms with Gasteiger partial charge in [0.1, 0.15) is 23.1 Å². The van der Waals surface area contributed by atoms with Gasteiger partial charge in [-0.15, -0.1) is 23.7 Å². The van der Waals surface area contributed by atoms with Crippen LogP contribution in [-0.2, 0) is 11.3 Å². The zero-order chi connectivity index (χ0) is 16.1. The van der Waals surface area contributed by atoms with Crippen molar-refractivity contribution in [1.29, 1.82) is 0 Å². The van der Waals surface area contributed by atoms with Crippen molar-refractivity contribution in [2.45, 2.75) is 25.5 Å². The molecule has 1 aliphatic heterocycles. The van der Waals surface area contributed by atoms with E-state index in [0.29, 0.717) is 24.5 Å². The number of thiazole rings is 1. The number of aromatic nitrogens is 1. The van der Waals surface area contributed by atoms with Crippen LogP contribution in [0.25, 0.3) is 0 Å². The molecule has 0 spiro atoms. The summed E-state index contributed by atoms with van der Waals surface area (Å²) < 4.78 is 11.2.